The van der Waals surface area contributed by atoms with E-state index >= 15 is 0 Å². The van der Waals surface area contributed by atoms with Crippen LogP contribution in [0.3, 0.4) is 0 Å². The van der Waals surface area contributed by atoms with Crippen LogP contribution in [-0.2, 0) is 15.9 Å². The molecule has 0 aliphatic rings. The van der Waals surface area contributed by atoms with Gasteiger partial charge in [-0.3, -0.25) is 11.3 Å². The van der Waals surface area contributed by atoms with Gasteiger partial charge in [-0.15, -0.1) is 0 Å². The van der Waals surface area contributed by atoms with Gasteiger partial charge in [-0.1, -0.05) is 38.1 Å². The molecule has 0 bridgehead atoms. The maximum atomic E-state index is 5.65. The molecule has 0 radical (unpaired) electrons. The van der Waals surface area contributed by atoms with Crippen molar-refractivity contribution in [2.75, 3.05) is 13.2 Å². The largest absolute Gasteiger partial charge is 0.351 e. The Morgan fingerprint density at radius 3 is 2.00 bits per heavy atom. The van der Waals surface area contributed by atoms with E-state index in [4.69, 9.17) is 15.3 Å². The first-order valence-corrected chi connectivity index (χ1v) is 7.40. The van der Waals surface area contributed by atoms with E-state index < -0.39 is 0 Å². The summed E-state index contributed by atoms with van der Waals surface area (Å²) in [7, 11) is 0. The lowest BCUT2D eigenvalue weighted by Gasteiger charge is -2.26. The van der Waals surface area contributed by atoms with Crippen LogP contribution in [0.1, 0.15) is 44.7 Å². The van der Waals surface area contributed by atoms with E-state index in [0.29, 0.717) is 19.1 Å². The van der Waals surface area contributed by atoms with Crippen LogP contribution in [0, 0.1) is 0 Å². The van der Waals surface area contributed by atoms with Crippen molar-refractivity contribution in [2.24, 2.45) is 5.84 Å². The van der Waals surface area contributed by atoms with Gasteiger partial charge in [0.2, 0.25) is 0 Å². The molecule has 1 aromatic carbocycles. The van der Waals surface area contributed by atoms with Gasteiger partial charge in [-0.25, -0.2) is 0 Å². The molecular weight excluding hydrogens is 252 g/mol. The van der Waals surface area contributed by atoms with E-state index in [1.54, 1.807) is 0 Å². The van der Waals surface area contributed by atoms with Crippen molar-refractivity contribution >= 4 is 0 Å². The van der Waals surface area contributed by atoms with E-state index in [1.807, 2.05) is 13.8 Å². The Hall–Kier alpha value is -0.940. The predicted octanol–water partition coefficient (Wildman–Crippen LogP) is 2.58. The third kappa shape index (κ3) is 5.21. The molecule has 4 nitrogen and oxygen atoms in total. The zero-order chi connectivity index (χ0) is 15.0. The lowest BCUT2D eigenvalue weighted by Crippen LogP contribution is -2.48. The Bertz CT molecular complexity index is 359. The fraction of sp³-hybridized carbons (Fsp3) is 0.625. The van der Waals surface area contributed by atoms with Gasteiger partial charge in [0.25, 0.3) is 0 Å². The molecule has 0 aliphatic carbocycles. The minimum Gasteiger partial charge on any atom is -0.351 e. The van der Waals surface area contributed by atoms with Crippen LogP contribution in [0.4, 0.5) is 0 Å². The van der Waals surface area contributed by atoms with E-state index in [2.05, 4.69) is 43.5 Å². The number of hydrazine groups is 1. The summed E-state index contributed by atoms with van der Waals surface area (Å²) in [5, 5.41) is 0. The summed E-state index contributed by atoms with van der Waals surface area (Å²) in [6.45, 7) is 9.51. The standard InChI is InChI=1S/C16H28N2O2/c1-5-19-16(20-6-2)15(18-17)11-13-7-9-14(10-8-13)12(3)4/h7-10,12,15-16,18H,5-6,11,17H2,1-4H3. The van der Waals surface area contributed by atoms with Gasteiger partial charge in [0.1, 0.15) is 0 Å². The fourth-order valence-corrected chi connectivity index (χ4v) is 2.14. The lowest BCUT2D eigenvalue weighted by atomic mass is 9.99. The number of nitrogens with one attached hydrogen (secondary N) is 1. The topological polar surface area (TPSA) is 56.5 Å². The summed E-state index contributed by atoms with van der Waals surface area (Å²) in [6, 6.07) is 8.58. The summed E-state index contributed by atoms with van der Waals surface area (Å²) >= 11 is 0. The molecule has 0 saturated heterocycles. The number of rotatable bonds is 9. The first kappa shape index (κ1) is 17.1. The van der Waals surface area contributed by atoms with Crippen molar-refractivity contribution in [2.45, 2.75) is 52.4 Å². The molecule has 0 saturated carbocycles. The molecule has 1 unspecified atom stereocenters. The highest BCUT2D eigenvalue weighted by molar-refractivity contribution is 5.25. The molecule has 3 N–H and O–H groups in total. The van der Waals surface area contributed by atoms with E-state index in [1.165, 1.54) is 11.1 Å². The second-order valence-electron chi connectivity index (χ2n) is 5.15. The van der Waals surface area contributed by atoms with E-state index in [0.717, 1.165) is 6.42 Å². The molecule has 0 amide bonds. The predicted molar refractivity (Wildman–Crippen MR) is 82.4 cm³/mol. The number of ether oxygens (including phenoxy) is 2. The highest BCUT2D eigenvalue weighted by Crippen LogP contribution is 2.16. The van der Waals surface area contributed by atoms with Crippen LogP contribution < -0.4 is 11.3 Å². The third-order valence-corrected chi connectivity index (χ3v) is 3.31. The lowest BCUT2D eigenvalue weighted by molar-refractivity contribution is -0.153. The average Bonchev–Trinajstić information content (AvgIpc) is 2.45. The Kier molecular flexibility index (Phi) is 7.77. The molecule has 1 rings (SSSR count). The van der Waals surface area contributed by atoms with Crippen LogP contribution in [0.15, 0.2) is 24.3 Å². The highest BCUT2D eigenvalue weighted by atomic mass is 16.7. The zero-order valence-corrected chi connectivity index (χ0v) is 13.1. The number of benzene rings is 1. The summed E-state index contributed by atoms with van der Waals surface area (Å²) in [6.07, 6.45) is 0.458. The third-order valence-electron chi connectivity index (χ3n) is 3.31. The summed E-state index contributed by atoms with van der Waals surface area (Å²) in [5.74, 6) is 6.20. The molecule has 0 aliphatic heterocycles. The normalized spacial score (nSPS) is 13.2. The minimum atomic E-state index is -0.320. The quantitative estimate of drug-likeness (QED) is 0.415. The Balaban J connectivity index is 2.70. The van der Waals surface area contributed by atoms with Crippen molar-refractivity contribution in [3.63, 3.8) is 0 Å². The Morgan fingerprint density at radius 2 is 1.60 bits per heavy atom. The van der Waals surface area contributed by atoms with Crippen molar-refractivity contribution in [3.05, 3.63) is 35.4 Å². The van der Waals surface area contributed by atoms with E-state index in [-0.39, 0.29) is 12.3 Å². The van der Waals surface area contributed by atoms with Gasteiger partial charge in [0, 0.05) is 13.2 Å². The van der Waals surface area contributed by atoms with Gasteiger partial charge in [-0.05, 0) is 37.3 Å². The van der Waals surface area contributed by atoms with Crippen LogP contribution in [-0.4, -0.2) is 25.5 Å². The van der Waals surface area contributed by atoms with E-state index in [9.17, 15) is 0 Å². The molecule has 114 valence electrons. The smallest absolute Gasteiger partial charge is 0.174 e. The molecule has 0 heterocycles. The maximum Gasteiger partial charge on any atom is 0.174 e. The molecule has 1 atom stereocenters. The molecule has 0 aromatic heterocycles. The number of nitrogens with two attached hydrogens (primary N) is 1. The van der Waals surface area contributed by atoms with Crippen LogP contribution in [0.2, 0.25) is 0 Å². The first-order chi connectivity index (χ1) is 9.62. The molecular formula is C16H28N2O2. The van der Waals surface area contributed by atoms with Gasteiger partial charge < -0.3 is 9.47 Å². The molecule has 4 heteroatoms. The monoisotopic (exact) mass is 280 g/mol. The first-order valence-electron chi connectivity index (χ1n) is 7.40. The second-order valence-corrected chi connectivity index (χ2v) is 5.15. The summed E-state index contributed by atoms with van der Waals surface area (Å²) in [5.41, 5.74) is 5.38. The number of hydrogen-bond acceptors (Lipinski definition) is 4. The second kappa shape index (κ2) is 9.08. The zero-order valence-electron chi connectivity index (χ0n) is 13.1. The van der Waals surface area contributed by atoms with Crippen molar-refractivity contribution in [3.8, 4) is 0 Å². The van der Waals surface area contributed by atoms with Crippen molar-refractivity contribution < 1.29 is 9.47 Å². The fourth-order valence-electron chi connectivity index (χ4n) is 2.14. The van der Waals surface area contributed by atoms with Gasteiger partial charge >= 0.3 is 0 Å². The van der Waals surface area contributed by atoms with Gasteiger partial charge in [-0.2, -0.15) is 0 Å². The molecule has 0 spiro atoms. The number of hydrogen-bond donors (Lipinski definition) is 2. The molecule has 0 fully saturated rings. The van der Waals surface area contributed by atoms with Crippen molar-refractivity contribution in [1.82, 2.24) is 5.43 Å². The highest BCUT2D eigenvalue weighted by Gasteiger charge is 2.21. The summed E-state index contributed by atoms with van der Waals surface area (Å²) in [4.78, 5) is 0. The van der Waals surface area contributed by atoms with Crippen LogP contribution in [0.25, 0.3) is 0 Å². The van der Waals surface area contributed by atoms with Crippen LogP contribution in [0.5, 0.6) is 0 Å². The average molecular weight is 280 g/mol. The molecule has 20 heavy (non-hydrogen) atoms. The Labute approximate surface area is 122 Å². The maximum absolute atomic E-state index is 5.65. The summed E-state index contributed by atoms with van der Waals surface area (Å²) < 4.78 is 11.2. The van der Waals surface area contributed by atoms with Crippen molar-refractivity contribution in [1.29, 1.82) is 0 Å². The molecule has 1 aromatic rings. The SMILES string of the molecule is CCOC(OCC)C(Cc1ccc(C(C)C)cc1)NN. The Morgan fingerprint density at radius 1 is 1.05 bits per heavy atom. The van der Waals surface area contributed by atoms with Gasteiger partial charge in [0.05, 0.1) is 6.04 Å². The van der Waals surface area contributed by atoms with Crippen LogP contribution >= 0.6 is 0 Å². The van der Waals surface area contributed by atoms with Gasteiger partial charge in [0.15, 0.2) is 6.29 Å². The minimum absolute atomic E-state index is 0.0557.